The number of carbonyl (C=O) groups excluding carboxylic acids is 1. The number of piperazine rings is 1. The maximum atomic E-state index is 13.2. The lowest BCUT2D eigenvalue weighted by Crippen LogP contribution is -2.51. The Balaban J connectivity index is 1.66. The Bertz CT molecular complexity index is 720. The molecular formula is C19H21FN2O2. The molecule has 0 aliphatic carbocycles. The quantitative estimate of drug-likeness (QED) is 0.938. The van der Waals surface area contributed by atoms with Crippen LogP contribution in [-0.2, 0) is 6.61 Å². The van der Waals surface area contributed by atoms with Gasteiger partial charge in [-0.25, -0.2) is 4.39 Å². The Hall–Kier alpha value is -2.40. The lowest BCUT2D eigenvalue weighted by molar-refractivity contribution is 0.0709. The molecule has 1 N–H and O–H groups in total. The Morgan fingerprint density at radius 1 is 1.29 bits per heavy atom. The Morgan fingerprint density at radius 3 is 2.92 bits per heavy atom. The van der Waals surface area contributed by atoms with Crippen molar-refractivity contribution in [3.05, 3.63) is 65.5 Å². The van der Waals surface area contributed by atoms with Gasteiger partial charge in [-0.05, 0) is 36.8 Å². The van der Waals surface area contributed by atoms with Crippen LogP contribution in [0.4, 0.5) is 4.39 Å². The molecule has 1 amide bonds. The Labute approximate surface area is 141 Å². The molecule has 3 rings (SSSR count). The number of amides is 1. The van der Waals surface area contributed by atoms with E-state index >= 15 is 0 Å². The largest absolute Gasteiger partial charge is 0.489 e. The number of nitrogens with zero attached hydrogens (tertiary/aromatic N) is 1. The molecule has 1 unspecified atom stereocenters. The van der Waals surface area contributed by atoms with Crippen LogP contribution in [0.15, 0.2) is 48.5 Å². The summed E-state index contributed by atoms with van der Waals surface area (Å²) in [6.07, 6.45) is 0. The normalized spacial score (nSPS) is 17.6. The van der Waals surface area contributed by atoms with E-state index in [1.54, 1.807) is 12.1 Å². The molecule has 1 heterocycles. The van der Waals surface area contributed by atoms with Crippen molar-refractivity contribution in [1.82, 2.24) is 10.2 Å². The molecule has 2 aromatic rings. The summed E-state index contributed by atoms with van der Waals surface area (Å²) in [5, 5.41) is 3.33. The molecule has 0 aromatic heterocycles. The molecular weight excluding hydrogens is 307 g/mol. The number of ether oxygens (including phenoxy) is 1. The first kappa shape index (κ1) is 16.5. The van der Waals surface area contributed by atoms with Crippen molar-refractivity contribution in [2.45, 2.75) is 19.6 Å². The summed E-state index contributed by atoms with van der Waals surface area (Å²) >= 11 is 0. The molecule has 0 saturated carbocycles. The molecule has 2 aromatic carbocycles. The highest BCUT2D eigenvalue weighted by Gasteiger charge is 2.21. The third-order valence-corrected chi connectivity index (χ3v) is 4.03. The summed E-state index contributed by atoms with van der Waals surface area (Å²) in [5.41, 5.74) is 1.54. The second-order valence-electron chi connectivity index (χ2n) is 6.05. The van der Waals surface area contributed by atoms with E-state index in [1.165, 1.54) is 12.1 Å². The topological polar surface area (TPSA) is 41.6 Å². The number of rotatable bonds is 4. The number of nitrogens with one attached hydrogen (secondary N) is 1. The van der Waals surface area contributed by atoms with Crippen molar-refractivity contribution in [3.8, 4) is 5.75 Å². The second kappa shape index (κ2) is 7.45. The molecule has 1 saturated heterocycles. The number of carbonyl (C=O) groups is 1. The van der Waals surface area contributed by atoms with Gasteiger partial charge in [0.15, 0.2) is 0 Å². The average molecular weight is 328 g/mol. The SMILES string of the molecule is CC1CN(C(=O)c2cccc(COc3cccc(F)c3)c2)CCN1. The van der Waals surface area contributed by atoms with E-state index in [0.29, 0.717) is 37.1 Å². The van der Waals surface area contributed by atoms with Gasteiger partial charge in [-0.3, -0.25) is 4.79 Å². The van der Waals surface area contributed by atoms with Crippen molar-refractivity contribution < 1.29 is 13.9 Å². The number of hydrogen-bond donors (Lipinski definition) is 1. The fourth-order valence-corrected chi connectivity index (χ4v) is 2.82. The van der Waals surface area contributed by atoms with Gasteiger partial charge in [0.1, 0.15) is 18.2 Å². The minimum Gasteiger partial charge on any atom is -0.489 e. The smallest absolute Gasteiger partial charge is 0.253 e. The Morgan fingerprint density at radius 2 is 2.12 bits per heavy atom. The highest BCUT2D eigenvalue weighted by Crippen LogP contribution is 2.16. The minimum absolute atomic E-state index is 0.0379. The monoisotopic (exact) mass is 328 g/mol. The summed E-state index contributed by atoms with van der Waals surface area (Å²) in [6.45, 7) is 4.61. The van der Waals surface area contributed by atoms with Crippen LogP contribution in [0, 0.1) is 5.82 Å². The van der Waals surface area contributed by atoms with Crippen LogP contribution in [0.25, 0.3) is 0 Å². The van der Waals surface area contributed by atoms with E-state index in [-0.39, 0.29) is 11.7 Å². The second-order valence-corrected chi connectivity index (χ2v) is 6.05. The van der Waals surface area contributed by atoms with Crippen LogP contribution in [0.5, 0.6) is 5.75 Å². The number of benzene rings is 2. The molecule has 0 bridgehead atoms. The summed E-state index contributed by atoms with van der Waals surface area (Å²) in [7, 11) is 0. The minimum atomic E-state index is -0.329. The molecule has 0 radical (unpaired) electrons. The zero-order valence-corrected chi connectivity index (χ0v) is 13.7. The van der Waals surface area contributed by atoms with E-state index in [2.05, 4.69) is 12.2 Å². The van der Waals surface area contributed by atoms with E-state index in [1.807, 2.05) is 29.2 Å². The fraction of sp³-hybridized carbons (Fsp3) is 0.316. The van der Waals surface area contributed by atoms with Gasteiger partial charge in [0.05, 0.1) is 0 Å². The van der Waals surface area contributed by atoms with Gasteiger partial charge in [-0.1, -0.05) is 18.2 Å². The number of halogens is 1. The summed E-state index contributed by atoms with van der Waals surface area (Å²) in [6, 6.07) is 13.8. The molecule has 0 spiro atoms. The van der Waals surface area contributed by atoms with E-state index in [0.717, 1.165) is 12.1 Å². The van der Waals surface area contributed by atoms with Crippen LogP contribution in [0.1, 0.15) is 22.8 Å². The van der Waals surface area contributed by atoms with Crippen LogP contribution < -0.4 is 10.1 Å². The van der Waals surface area contributed by atoms with Gasteiger partial charge >= 0.3 is 0 Å². The zero-order chi connectivity index (χ0) is 16.9. The highest BCUT2D eigenvalue weighted by molar-refractivity contribution is 5.94. The van der Waals surface area contributed by atoms with Crippen LogP contribution in [0.3, 0.4) is 0 Å². The van der Waals surface area contributed by atoms with Gasteiger partial charge in [-0.15, -0.1) is 0 Å². The first-order chi connectivity index (χ1) is 11.6. The first-order valence-corrected chi connectivity index (χ1v) is 8.12. The molecule has 1 aliphatic heterocycles. The lowest BCUT2D eigenvalue weighted by atomic mass is 10.1. The molecule has 4 nitrogen and oxygen atoms in total. The van der Waals surface area contributed by atoms with Gasteiger partial charge in [0.2, 0.25) is 0 Å². The van der Waals surface area contributed by atoms with Gasteiger partial charge in [0.25, 0.3) is 5.91 Å². The van der Waals surface area contributed by atoms with Crippen molar-refractivity contribution in [3.63, 3.8) is 0 Å². The summed E-state index contributed by atoms with van der Waals surface area (Å²) < 4.78 is 18.8. The lowest BCUT2D eigenvalue weighted by Gasteiger charge is -2.32. The average Bonchev–Trinajstić information content (AvgIpc) is 2.60. The van der Waals surface area contributed by atoms with Crippen LogP contribution in [-0.4, -0.2) is 36.5 Å². The van der Waals surface area contributed by atoms with E-state index in [4.69, 9.17) is 4.74 Å². The molecule has 5 heteroatoms. The number of hydrogen-bond acceptors (Lipinski definition) is 3. The van der Waals surface area contributed by atoms with Gasteiger partial charge < -0.3 is 15.0 Å². The zero-order valence-electron chi connectivity index (χ0n) is 13.7. The third kappa shape index (κ3) is 4.11. The molecule has 126 valence electrons. The van der Waals surface area contributed by atoms with Crippen LogP contribution in [0.2, 0.25) is 0 Å². The van der Waals surface area contributed by atoms with Gasteiger partial charge in [0, 0.05) is 37.3 Å². The van der Waals surface area contributed by atoms with E-state index in [9.17, 15) is 9.18 Å². The maximum absolute atomic E-state index is 13.2. The molecule has 24 heavy (non-hydrogen) atoms. The Kier molecular flexibility index (Phi) is 5.11. The highest BCUT2D eigenvalue weighted by atomic mass is 19.1. The summed E-state index contributed by atoms with van der Waals surface area (Å²) in [5.74, 6) is 0.183. The molecule has 1 fully saturated rings. The molecule has 1 atom stereocenters. The molecule has 1 aliphatic rings. The van der Waals surface area contributed by atoms with Crippen molar-refractivity contribution >= 4 is 5.91 Å². The fourth-order valence-electron chi connectivity index (χ4n) is 2.82. The summed E-state index contributed by atoms with van der Waals surface area (Å²) in [4.78, 5) is 14.5. The van der Waals surface area contributed by atoms with Gasteiger partial charge in [-0.2, -0.15) is 0 Å². The third-order valence-electron chi connectivity index (χ3n) is 4.03. The van der Waals surface area contributed by atoms with Crippen molar-refractivity contribution in [2.75, 3.05) is 19.6 Å². The predicted octanol–water partition coefficient (Wildman–Crippen LogP) is 2.84. The van der Waals surface area contributed by atoms with Crippen LogP contribution >= 0.6 is 0 Å². The van der Waals surface area contributed by atoms with Crippen molar-refractivity contribution in [1.29, 1.82) is 0 Å². The van der Waals surface area contributed by atoms with E-state index < -0.39 is 0 Å². The maximum Gasteiger partial charge on any atom is 0.253 e. The predicted molar refractivity (Wildman–Crippen MR) is 90.5 cm³/mol. The first-order valence-electron chi connectivity index (χ1n) is 8.12. The standard InChI is InChI=1S/C19H21FN2O2/c1-14-12-22(9-8-21-14)19(23)16-5-2-4-15(10-16)13-24-18-7-3-6-17(20)11-18/h2-7,10-11,14,21H,8-9,12-13H2,1H3. The van der Waals surface area contributed by atoms with Crippen molar-refractivity contribution in [2.24, 2.45) is 0 Å².